The lowest BCUT2D eigenvalue weighted by Crippen LogP contribution is -2.50. The second-order valence-corrected chi connectivity index (χ2v) is 7.38. The highest BCUT2D eigenvalue weighted by atomic mass is 32.2. The summed E-state index contributed by atoms with van der Waals surface area (Å²) in [5, 5.41) is 0. The van der Waals surface area contributed by atoms with Crippen molar-refractivity contribution in [2.24, 2.45) is 5.92 Å². The maximum Gasteiger partial charge on any atom is 0.281 e. The molecule has 0 bridgehead atoms. The van der Waals surface area contributed by atoms with E-state index in [1.165, 1.54) is 0 Å². The van der Waals surface area contributed by atoms with E-state index in [1.807, 2.05) is 0 Å². The molecule has 0 aromatic carbocycles. The number of rotatable bonds is 3. The molecule has 1 atom stereocenters. The standard InChI is InChI=1S/C12H24N2O3S/c1-11-4-3-7-14(10-11)18(15,16)13-8-5-12(17-2)6-9-13/h11-12H,3-10H2,1-2H3. The Balaban J connectivity index is 1.98. The van der Waals surface area contributed by atoms with Crippen LogP contribution in [0.5, 0.6) is 0 Å². The van der Waals surface area contributed by atoms with Crippen LogP contribution in [0, 0.1) is 5.92 Å². The summed E-state index contributed by atoms with van der Waals surface area (Å²) < 4.78 is 33.6. The van der Waals surface area contributed by atoms with Crippen molar-refractivity contribution in [3.63, 3.8) is 0 Å². The highest BCUT2D eigenvalue weighted by Crippen LogP contribution is 2.23. The number of ether oxygens (including phenoxy) is 1. The van der Waals surface area contributed by atoms with Crippen molar-refractivity contribution in [3.8, 4) is 0 Å². The van der Waals surface area contributed by atoms with Crippen molar-refractivity contribution in [1.82, 2.24) is 8.61 Å². The average molecular weight is 276 g/mol. The topological polar surface area (TPSA) is 49.9 Å². The van der Waals surface area contributed by atoms with Crippen LogP contribution in [-0.2, 0) is 14.9 Å². The zero-order chi connectivity index (χ0) is 13.2. The Hall–Kier alpha value is -0.170. The molecule has 0 aromatic rings. The predicted octanol–water partition coefficient (Wildman–Crippen LogP) is 1.07. The summed E-state index contributed by atoms with van der Waals surface area (Å²) in [4.78, 5) is 0. The van der Waals surface area contributed by atoms with Gasteiger partial charge in [0.15, 0.2) is 0 Å². The molecule has 18 heavy (non-hydrogen) atoms. The van der Waals surface area contributed by atoms with Gasteiger partial charge in [-0.15, -0.1) is 0 Å². The van der Waals surface area contributed by atoms with Crippen LogP contribution >= 0.6 is 0 Å². The van der Waals surface area contributed by atoms with Gasteiger partial charge in [-0.3, -0.25) is 0 Å². The molecule has 2 fully saturated rings. The highest BCUT2D eigenvalue weighted by molar-refractivity contribution is 7.86. The second-order valence-electron chi connectivity index (χ2n) is 5.45. The third-order valence-electron chi connectivity index (χ3n) is 4.01. The van der Waals surface area contributed by atoms with Crippen LogP contribution in [-0.4, -0.2) is 56.4 Å². The van der Waals surface area contributed by atoms with E-state index < -0.39 is 10.2 Å². The smallest absolute Gasteiger partial charge is 0.281 e. The van der Waals surface area contributed by atoms with Gasteiger partial charge in [0.05, 0.1) is 6.10 Å². The molecule has 0 radical (unpaired) electrons. The summed E-state index contributed by atoms with van der Waals surface area (Å²) in [5.41, 5.74) is 0. The molecule has 2 aliphatic rings. The SMILES string of the molecule is COC1CCN(S(=O)(=O)N2CCCC(C)C2)CC1. The molecular formula is C12H24N2O3S. The summed E-state index contributed by atoms with van der Waals surface area (Å²) in [5.74, 6) is 0.477. The van der Waals surface area contributed by atoms with Gasteiger partial charge in [-0.05, 0) is 31.6 Å². The highest BCUT2D eigenvalue weighted by Gasteiger charge is 2.34. The van der Waals surface area contributed by atoms with Crippen LogP contribution in [0.4, 0.5) is 0 Å². The molecule has 2 rings (SSSR count). The van der Waals surface area contributed by atoms with E-state index in [0.29, 0.717) is 32.1 Å². The molecule has 0 amide bonds. The molecule has 0 aliphatic carbocycles. The number of hydrogen-bond acceptors (Lipinski definition) is 3. The third kappa shape index (κ3) is 3.04. The number of piperidine rings is 2. The summed E-state index contributed by atoms with van der Waals surface area (Å²) in [6, 6.07) is 0. The Bertz CT molecular complexity index is 364. The van der Waals surface area contributed by atoms with Crippen molar-refractivity contribution in [1.29, 1.82) is 0 Å². The molecule has 2 saturated heterocycles. The molecule has 5 nitrogen and oxygen atoms in total. The minimum Gasteiger partial charge on any atom is -0.381 e. The Kier molecular flexibility index (Phi) is 4.64. The molecule has 0 aromatic heterocycles. The fourth-order valence-corrected chi connectivity index (χ4v) is 4.62. The van der Waals surface area contributed by atoms with Crippen LogP contribution < -0.4 is 0 Å². The first-order chi connectivity index (χ1) is 8.54. The molecule has 6 heteroatoms. The quantitative estimate of drug-likeness (QED) is 0.775. The summed E-state index contributed by atoms with van der Waals surface area (Å²) in [7, 11) is -1.54. The van der Waals surface area contributed by atoms with Crippen LogP contribution in [0.2, 0.25) is 0 Å². The first-order valence-electron chi connectivity index (χ1n) is 6.82. The van der Waals surface area contributed by atoms with Gasteiger partial charge in [-0.25, -0.2) is 0 Å². The lowest BCUT2D eigenvalue weighted by Gasteiger charge is -2.37. The van der Waals surface area contributed by atoms with E-state index in [9.17, 15) is 8.42 Å². The van der Waals surface area contributed by atoms with Gasteiger partial charge in [-0.2, -0.15) is 17.0 Å². The van der Waals surface area contributed by atoms with Gasteiger partial charge in [0, 0.05) is 33.3 Å². The molecule has 2 heterocycles. The van der Waals surface area contributed by atoms with Gasteiger partial charge in [-0.1, -0.05) is 6.92 Å². The van der Waals surface area contributed by atoms with E-state index in [4.69, 9.17) is 4.74 Å². The molecular weight excluding hydrogens is 252 g/mol. The number of nitrogens with zero attached hydrogens (tertiary/aromatic N) is 2. The lowest BCUT2D eigenvalue weighted by molar-refractivity contribution is 0.0587. The first kappa shape index (κ1) is 14.2. The molecule has 1 unspecified atom stereocenters. The molecule has 0 saturated carbocycles. The van der Waals surface area contributed by atoms with E-state index >= 15 is 0 Å². The average Bonchev–Trinajstić information content (AvgIpc) is 2.39. The second kappa shape index (κ2) is 5.86. The Labute approximate surface area is 110 Å². The van der Waals surface area contributed by atoms with Crippen LogP contribution in [0.25, 0.3) is 0 Å². The minimum atomic E-state index is -3.24. The fourth-order valence-electron chi connectivity index (χ4n) is 2.82. The van der Waals surface area contributed by atoms with E-state index in [1.54, 1.807) is 15.7 Å². The maximum atomic E-state index is 12.5. The van der Waals surface area contributed by atoms with Crippen LogP contribution in [0.15, 0.2) is 0 Å². The summed E-state index contributed by atoms with van der Waals surface area (Å²) in [6.45, 7) is 4.65. The lowest BCUT2D eigenvalue weighted by atomic mass is 10.0. The van der Waals surface area contributed by atoms with Crippen molar-refractivity contribution in [3.05, 3.63) is 0 Å². The number of methoxy groups -OCH3 is 1. The Morgan fingerprint density at radius 3 is 2.28 bits per heavy atom. The maximum absolute atomic E-state index is 12.5. The number of hydrogen-bond donors (Lipinski definition) is 0. The molecule has 0 N–H and O–H groups in total. The Morgan fingerprint density at radius 2 is 1.72 bits per heavy atom. The van der Waals surface area contributed by atoms with Crippen LogP contribution in [0.3, 0.4) is 0 Å². The van der Waals surface area contributed by atoms with E-state index in [-0.39, 0.29) is 6.10 Å². The van der Waals surface area contributed by atoms with Crippen molar-refractivity contribution in [2.45, 2.75) is 38.7 Å². The van der Waals surface area contributed by atoms with Crippen molar-refractivity contribution in [2.75, 3.05) is 33.3 Å². The summed E-state index contributed by atoms with van der Waals surface area (Å²) >= 11 is 0. The van der Waals surface area contributed by atoms with Gasteiger partial charge >= 0.3 is 0 Å². The molecule has 0 spiro atoms. The third-order valence-corrected chi connectivity index (χ3v) is 6.01. The van der Waals surface area contributed by atoms with E-state index in [0.717, 1.165) is 25.7 Å². The van der Waals surface area contributed by atoms with Gasteiger partial charge in [0.2, 0.25) is 0 Å². The van der Waals surface area contributed by atoms with Crippen molar-refractivity contribution >= 4 is 10.2 Å². The fraction of sp³-hybridized carbons (Fsp3) is 1.00. The van der Waals surface area contributed by atoms with Crippen molar-refractivity contribution < 1.29 is 13.2 Å². The predicted molar refractivity (Wildman–Crippen MR) is 70.5 cm³/mol. The first-order valence-corrected chi connectivity index (χ1v) is 8.21. The van der Waals surface area contributed by atoms with Gasteiger partial charge in [0.1, 0.15) is 0 Å². The minimum absolute atomic E-state index is 0.219. The molecule has 106 valence electrons. The van der Waals surface area contributed by atoms with Crippen LogP contribution in [0.1, 0.15) is 32.6 Å². The normalized spacial score (nSPS) is 29.6. The zero-order valence-electron chi connectivity index (χ0n) is 11.3. The Morgan fingerprint density at radius 1 is 1.06 bits per heavy atom. The molecule has 2 aliphatic heterocycles. The van der Waals surface area contributed by atoms with E-state index in [2.05, 4.69) is 6.92 Å². The largest absolute Gasteiger partial charge is 0.381 e. The summed E-state index contributed by atoms with van der Waals surface area (Å²) in [6.07, 6.45) is 3.95. The van der Waals surface area contributed by atoms with Gasteiger partial charge < -0.3 is 4.74 Å². The monoisotopic (exact) mass is 276 g/mol. The zero-order valence-corrected chi connectivity index (χ0v) is 12.2. The van der Waals surface area contributed by atoms with Gasteiger partial charge in [0.25, 0.3) is 10.2 Å².